The van der Waals surface area contributed by atoms with Crippen LogP contribution in [0.15, 0.2) is 18.2 Å². The molecule has 11 nitrogen and oxygen atoms in total. The molecule has 2 unspecified atom stereocenters. The minimum Gasteiger partial charge on any atom is -0.497 e. The van der Waals surface area contributed by atoms with Crippen molar-refractivity contribution in [1.82, 2.24) is 20.2 Å². The van der Waals surface area contributed by atoms with Gasteiger partial charge >= 0.3 is 12.1 Å². The molecule has 0 bridgehead atoms. The molecule has 1 aromatic carbocycles. The Hall–Kier alpha value is -3.63. The molecule has 2 aromatic rings. The van der Waals surface area contributed by atoms with Gasteiger partial charge in [-0.25, -0.2) is 14.6 Å². The van der Waals surface area contributed by atoms with Crippen molar-refractivity contribution in [2.45, 2.75) is 78.7 Å². The van der Waals surface area contributed by atoms with E-state index in [9.17, 15) is 19.5 Å². The number of rotatable bonds is 6. The predicted molar refractivity (Wildman–Crippen MR) is 136 cm³/mol. The zero-order chi connectivity index (χ0) is 27.7. The molecular formula is C26H36N4O7. The average molecular weight is 517 g/mol. The maximum Gasteiger partial charge on any atom is 0.408 e. The van der Waals surface area contributed by atoms with Gasteiger partial charge in [0.15, 0.2) is 0 Å². The number of fused-ring (bicyclic) bond motifs is 1. The number of likely N-dealkylation sites (tertiary alicyclic amines) is 1. The van der Waals surface area contributed by atoms with Gasteiger partial charge in [0.25, 0.3) is 0 Å². The van der Waals surface area contributed by atoms with Crippen molar-refractivity contribution in [1.29, 1.82) is 0 Å². The first-order valence-electron chi connectivity index (χ1n) is 12.1. The van der Waals surface area contributed by atoms with Crippen molar-refractivity contribution >= 4 is 28.9 Å². The highest BCUT2D eigenvalue weighted by atomic mass is 16.6. The SMILES string of the molecule is COc1ccc2nc(C)nc(O[C@@H]3CC(C(=O)O)N(C(=O)C(NC(=O)OC(C)(C)C)C(C)(C)C)C3)c2c1. The number of methoxy groups -OCH3 is 1. The Kier molecular flexibility index (Phi) is 7.85. The number of benzene rings is 1. The number of alkyl carbamates (subject to hydrolysis) is 1. The predicted octanol–water partition coefficient (Wildman–Crippen LogP) is 3.32. The minimum absolute atomic E-state index is 0.00684. The van der Waals surface area contributed by atoms with E-state index in [1.807, 2.05) is 0 Å². The van der Waals surface area contributed by atoms with Crippen LogP contribution >= 0.6 is 0 Å². The van der Waals surface area contributed by atoms with Crippen LogP contribution in [0.3, 0.4) is 0 Å². The zero-order valence-electron chi connectivity index (χ0n) is 22.6. The lowest BCUT2D eigenvalue weighted by atomic mass is 9.85. The molecule has 3 rings (SSSR count). The number of hydrogen-bond acceptors (Lipinski definition) is 8. The Morgan fingerprint density at radius 1 is 1.14 bits per heavy atom. The molecule has 1 aliphatic heterocycles. The van der Waals surface area contributed by atoms with E-state index in [-0.39, 0.29) is 18.8 Å². The molecule has 1 fully saturated rings. The summed E-state index contributed by atoms with van der Waals surface area (Å²) >= 11 is 0. The van der Waals surface area contributed by atoms with Gasteiger partial charge in [-0.2, -0.15) is 4.98 Å². The number of nitrogens with zero attached hydrogens (tertiary/aromatic N) is 3. The Balaban J connectivity index is 1.88. The molecule has 1 aromatic heterocycles. The van der Waals surface area contributed by atoms with Gasteiger partial charge in [0.1, 0.15) is 35.4 Å². The van der Waals surface area contributed by atoms with Crippen molar-refractivity contribution in [2.24, 2.45) is 5.41 Å². The van der Waals surface area contributed by atoms with Crippen molar-refractivity contribution in [3.8, 4) is 11.6 Å². The molecule has 202 valence electrons. The van der Waals surface area contributed by atoms with Crippen LogP contribution in [0.4, 0.5) is 4.79 Å². The third-order valence-corrected chi connectivity index (χ3v) is 5.86. The maximum atomic E-state index is 13.7. The van der Waals surface area contributed by atoms with Crippen LogP contribution in [0.25, 0.3) is 10.9 Å². The summed E-state index contributed by atoms with van der Waals surface area (Å²) in [6.45, 7) is 12.3. The summed E-state index contributed by atoms with van der Waals surface area (Å²) < 4.78 is 16.8. The standard InChI is InChI=1S/C26H36N4O7/c1-14-27-18-10-9-15(35-8)11-17(18)21(28-14)36-16-12-19(23(32)33)30(13-16)22(31)20(25(2,3)4)29-24(34)37-26(5,6)7/h9-11,16,19-20H,12-13H2,1-8H3,(H,29,34)(H,32,33)/t16-,19?,20?/m1/s1. The van der Waals surface area contributed by atoms with Gasteiger partial charge in [0.05, 0.1) is 24.6 Å². The highest BCUT2D eigenvalue weighted by molar-refractivity contribution is 5.90. The molecular weight excluding hydrogens is 480 g/mol. The number of aliphatic carboxylic acids is 1. The minimum atomic E-state index is -1.16. The molecule has 1 aliphatic rings. The summed E-state index contributed by atoms with van der Waals surface area (Å²) in [6, 6.07) is 3.16. The summed E-state index contributed by atoms with van der Waals surface area (Å²) in [7, 11) is 1.55. The van der Waals surface area contributed by atoms with Gasteiger partial charge in [-0.15, -0.1) is 0 Å². The van der Waals surface area contributed by atoms with Crippen molar-refractivity contribution < 1.29 is 33.7 Å². The summed E-state index contributed by atoms with van der Waals surface area (Å²) in [5.74, 6) is -0.318. The Morgan fingerprint density at radius 3 is 2.38 bits per heavy atom. The van der Waals surface area contributed by atoms with E-state index in [1.54, 1.807) is 73.8 Å². The summed E-state index contributed by atoms with van der Waals surface area (Å²) in [5.41, 5.74) is -0.822. The molecule has 0 radical (unpaired) electrons. The Bertz CT molecular complexity index is 1190. The first-order valence-corrected chi connectivity index (χ1v) is 12.1. The number of aryl methyl sites for hydroxylation is 1. The highest BCUT2D eigenvalue weighted by Crippen LogP contribution is 2.31. The number of carboxylic acids is 1. The van der Waals surface area contributed by atoms with Crippen molar-refractivity contribution in [3.05, 3.63) is 24.0 Å². The molecule has 0 spiro atoms. The molecule has 2 amide bonds. The number of carbonyl (C=O) groups is 3. The summed E-state index contributed by atoms with van der Waals surface area (Å²) in [5, 5.41) is 13.2. The Labute approximate surface area is 216 Å². The quantitative estimate of drug-likeness (QED) is 0.591. The van der Waals surface area contributed by atoms with E-state index in [4.69, 9.17) is 14.2 Å². The number of aromatic nitrogens is 2. The van der Waals surface area contributed by atoms with Crippen LogP contribution in [0.2, 0.25) is 0 Å². The lowest BCUT2D eigenvalue weighted by Gasteiger charge is -2.35. The molecule has 0 saturated carbocycles. The topological polar surface area (TPSA) is 140 Å². The zero-order valence-corrected chi connectivity index (χ0v) is 22.6. The fraction of sp³-hybridized carbons (Fsp3) is 0.577. The largest absolute Gasteiger partial charge is 0.497 e. The first-order chi connectivity index (χ1) is 17.1. The van der Waals surface area contributed by atoms with Gasteiger partial charge in [-0.3, -0.25) is 4.79 Å². The summed E-state index contributed by atoms with van der Waals surface area (Å²) in [4.78, 5) is 48.4. The number of hydrogen-bond donors (Lipinski definition) is 2. The Morgan fingerprint density at radius 2 is 1.81 bits per heavy atom. The molecule has 37 heavy (non-hydrogen) atoms. The molecule has 3 atom stereocenters. The molecule has 2 heterocycles. The molecule has 11 heteroatoms. The van der Waals surface area contributed by atoms with Crippen LogP contribution in [-0.4, -0.2) is 75.4 Å². The fourth-order valence-electron chi connectivity index (χ4n) is 4.17. The first kappa shape index (κ1) is 27.9. The second kappa shape index (κ2) is 10.4. The van der Waals surface area contributed by atoms with Gasteiger partial charge in [-0.1, -0.05) is 20.8 Å². The average Bonchev–Trinajstić information content (AvgIpc) is 3.19. The van der Waals surface area contributed by atoms with E-state index in [0.29, 0.717) is 22.5 Å². The smallest absolute Gasteiger partial charge is 0.408 e. The number of carboxylic acid groups (broad SMARTS) is 1. The van der Waals surface area contributed by atoms with Gasteiger partial charge in [0, 0.05) is 6.42 Å². The number of nitrogens with one attached hydrogen (secondary N) is 1. The highest BCUT2D eigenvalue weighted by Gasteiger charge is 2.46. The van der Waals surface area contributed by atoms with Gasteiger partial charge in [-0.05, 0) is 51.3 Å². The fourth-order valence-corrected chi connectivity index (χ4v) is 4.17. The lowest BCUT2D eigenvalue weighted by Crippen LogP contribution is -2.57. The third-order valence-electron chi connectivity index (χ3n) is 5.86. The van der Waals surface area contributed by atoms with E-state index in [1.165, 1.54) is 4.90 Å². The second-order valence-corrected chi connectivity index (χ2v) is 11.2. The monoisotopic (exact) mass is 516 g/mol. The number of carbonyl (C=O) groups excluding carboxylic acids is 2. The molecule has 2 N–H and O–H groups in total. The van der Waals surface area contributed by atoms with Crippen molar-refractivity contribution in [2.75, 3.05) is 13.7 Å². The number of ether oxygens (including phenoxy) is 3. The van der Waals surface area contributed by atoms with Crippen LogP contribution in [0.5, 0.6) is 11.6 Å². The number of amides is 2. The van der Waals surface area contributed by atoms with Crippen molar-refractivity contribution in [3.63, 3.8) is 0 Å². The van der Waals surface area contributed by atoms with E-state index < -0.39 is 47.2 Å². The van der Waals surface area contributed by atoms with Crippen LogP contribution < -0.4 is 14.8 Å². The lowest BCUT2D eigenvalue weighted by molar-refractivity contribution is -0.150. The summed E-state index contributed by atoms with van der Waals surface area (Å²) in [6.07, 6.45) is -1.34. The molecule has 1 saturated heterocycles. The van der Waals surface area contributed by atoms with E-state index in [0.717, 1.165) is 0 Å². The van der Waals surface area contributed by atoms with Crippen LogP contribution in [0, 0.1) is 12.3 Å². The van der Waals surface area contributed by atoms with Gasteiger partial charge in [0.2, 0.25) is 11.8 Å². The maximum absolute atomic E-state index is 13.7. The normalized spacial score (nSPS) is 18.9. The molecule has 0 aliphatic carbocycles. The van der Waals surface area contributed by atoms with E-state index in [2.05, 4.69) is 15.3 Å². The second-order valence-electron chi connectivity index (χ2n) is 11.2. The van der Waals surface area contributed by atoms with E-state index >= 15 is 0 Å². The third kappa shape index (κ3) is 6.78. The van der Waals surface area contributed by atoms with Crippen LogP contribution in [-0.2, 0) is 14.3 Å². The van der Waals surface area contributed by atoms with Crippen LogP contribution in [0.1, 0.15) is 53.8 Å². The van der Waals surface area contributed by atoms with Gasteiger partial charge < -0.3 is 29.5 Å².